The van der Waals surface area contributed by atoms with Crippen molar-refractivity contribution in [2.24, 2.45) is 11.1 Å². The first kappa shape index (κ1) is 11.5. The first-order valence-corrected chi connectivity index (χ1v) is 6.14. The molecule has 0 amide bonds. The van der Waals surface area contributed by atoms with Crippen LogP contribution < -0.4 is 10.5 Å². The van der Waals surface area contributed by atoms with Gasteiger partial charge < -0.3 is 10.5 Å². The summed E-state index contributed by atoms with van der Waals surface area (Å²) in [4.78, 5) is 0. The minimum Gasteiger partial charge on any atom is -0.493 e. The maximum Gasteiger partial charge on any atom is 0.119 e. The van der Waals surface area contributed by atoms with E-state index in [4.69, 9.17) is 10.5 Å². The Hall–Kier alpha value is -1.02. The monoisotopic (exact) mass is 219 g/mol. The maximum absolute atomic E-state index is 5.88. The summed E-state index contributed by atoms with van der Waals surface area (Å²) in [5.41, 5.74) is 7.36. The fourth-order valence-electron chi connectivity index (χ4n) is 2.47. The predicted octanol–water partition coefficient (Wildman–Crippen LogP) is 2.89. The second-order valence-corrected chi connectivity index (χ2v) is 5.02. The Kier molecular flexibility index (Phi) is 3.49. The molecule has 16 heavy (non-hydrogen) atoms. The van der Waals surface area contributed by atoms with Crippen molar-refractivity contribution in [3.63, 3.8) is 0 Å². The Morgan fingerprint density at radius 2 is 2.06 bits per heavy atom. The van der Waals surface area contributed by atoms with Crippen molar-refractivity contribution in [1.29, 1.82) is 0 Å². The fraction of sp³-hybridized carbons (Fsp3) is 0.571. The highest BCUT2D eigenvalue weighted by Gasteiger charge is 2.33. The summed E-state index contributed by atoms with van der Waals surface area (Å²) >= 11 is 0. The summed E-state index contributed by atoms with van der Waals surface area (Å²) in [6.07, 6.45) is 5.04. The fourth-order valence-corrected chi connectivity index (χ4v) is 2.47. The van der Waals surface area contributed by atoms with E-state index in [1.807, 2.05) is 12.1 Å². The summed E-state index contributed by atoms with van der Waals surface area (Å²) in [5.74, 6) is 0.972. The topological polar surface area (TPSA) is 35.2 Å². The second kappa shape index (κ2) is 4.88. The third-order valence-corrected chi connectivity index (χ3v) is 3.63. The number of rotatable bonds is 4. The highest BCUT2D eigenvalue weighted by molar-refractivity contribution is 5.27. The van der Waals surface area contributed by atoms with Crippen molar-refractivity contribution < 1.29 is 4.74 Å². The van der Waals surface area contributed by atoms with Crippen LogP contribution in [0, 0.1) is 12.3 Å². The molecule has 0 spiro atoms. The van der Waals surface area contributed by atoms with E-state index < -0.39 is 0 Å². The van der Waals surface area contributed by atoms with Gasteiger partial charge in [-0.1, -0.05) is 25.0 Å². The lowest BCUT2D eigenvalue weighted by molar-refractivity contribution is 0.157. The highest BCUT2D eigenvalue weighted by atomic mass is 16.5. The normalized spacial score (nSPS) is 18.6. The molecular weight excluding hydrogens is 198 g/mol. The Balaban J connectivity index is 1.95. The van der Waals surface area contributed by atoms with Gasteiger partial charge in [0, 0.05) is 12.0 Å². The van der Waals surface area contributed by atoms with Crippen LogP contribution in [0.25, 0.3) is 0 Å². The average molecular weight is 219 g/mol. The van der Waals surface area contributed by atoms with Gasteiger partial charge in [0.15, 0.2) is 0 Å². The Bertz CT molecular complexity index is 342. The molecule has 0 heterocycles. The van der Waals surface area contributed by atoms with Gasteiger partial charge in [0.1, 0.15) is 5.75 Å². The van der Waals surface area contributed by atoms with E-state index in [9.17, 15) is 0 Å². The van der Waals surface area contributed by atoms with Gasteiger partial charge in [-0.3, -0.25) is 0 Å². The number of nitrogens with two attached hydrogens (primary N) is 1. The van der Waals surface area contributed by atoms with Crippen LogP contribution in [0.15, 0.2) is 24.3 Å². The summed E-state index contributed by atoms with van der Waals surface area (Å²) < 4.78 is 5.88. The zero-order valence-electron chi connectivity index (χ0n) is 10.0. The molecule has 0 saturated heterocycles. The Morgan fingerprint density at radius 3 is 2.69 bits per heavy atom. The number of aryl methyl sites for hydroxylation is 1. The Morgan fingerprint density at radius 1 is 1.31 bits per heavy atom. The van der Waals surface area contributed by atoms with Crippen molar-refractivity contribution in [3.8, 4) is 5.75 Å². The van der Waals surface area contributed by atoms with E-state index >= 15 is 0 Å². The van der Waals surface area contributed by atoms with Gasteiger partial charge >= 0.3 is 0 Å². The van der Waals surface area contributed by atoms with E-state index in [0.717, 1.165) is 18.9 Å². The van der Waals surface area contributed by atoms with Gasteiger partial charge in [0.05, 0.1) is 6.61 Å². The Labute approximate surface area is 97.8 Å². The van der Waals surface area contributed by atoms with Crippen molar-refractivity contribution in [3.05, 3.63) is 29.8 Å². The number of hydrogen-bond acceptors (Lipinski definition) is 2. The summed E-state index contributed by atoms with van der Waals surface area (Å²) in [6.45, 7) is 3.60. The van der Waals surface area contributed by atoms with Crippen LogP contribution in [-0.2, 0) is 0 Å². The van der Waals surface area contributed by atoms with E-state index in [-0.39, 0.29) is 5.41 Å². The van der Waals surface area contributed by atoms with Crippen LogP contribution in [0.1, 0.15) is 31.2 Å². The first-order valence-electron chi connectivity index (χ1n) is 6.14. The standard InChI is InChI=1S/C14H21NO/c1-12-5-4-6-13(9-12)16-11-14(10-15)7-2-3-8-14/h4-6,9H,2-3,7-8,10-11,15H2,1H3. The zero-order valence-corrected chi connectivity index (χ0v) is 10.0. The van der Waals surface area contributed by atoms with Crippen LogP contribution >= 0.6 is 0 Å². The number of benzene rings is 1. The van der Waals surface area contributed by atoms with Crippen molar-refractivity contribution in [2.75, 3.05) is 13.2 Å². The lowest BCUT2D eigenvalue weighted by Crippen LogP contribution is -2.33. The minimum absolute atomic E-state index is 0.240. The van der Waals surface area contributed by atoms with Crippen molar-refractivity contribution in [1.82, 2.24) is 0 Å². The van der Waals surface area contributed by atoms with Crippen LogP contribution in [0.2, 0.25) is 0 Å². The van der Waals surface area contributed by atoms with Gasteiger partial charge in [0.25, 0.3) is 0 Å². The minimum atomic E-state index is 0.240. The van der Waals surface area contributed by atoms with Crippen LogP contribution in [0.3, 0.4) is 0 Å². The zero-order chi connectivity index (χ0) is 11.4. The maximum atomic E-state index is 5.88. The molecule has 1 fully saturated rings. The van der Waals surface area contributed by atoms with Gasteiger partial charge in [-0.2, -0.15) is 0 Å². The molecule has 1 saturated carbocycles. The molecule has 2 heteroatoms. The molecule has 0 unspecified atom stereocenters. The second-order valence-electron chi connectivity index (χ2n) is 5.02. The van der Waals surface area contributed by atoms with E-state index in [1.165, 1.54) is 31.2 Å². The quantitative estimate of drug-likeness (QED) is 0.845. The lowest BCUT2D eigenvalue weighted by Gasteiger charge is -2.27. The molecule has 0 aromatic heterocycles. The predicted molar refractivity (Wildman–Crippen MR) is 66.6 cm³/mol. The molecule has 88 valence electrons. The average Bonchev–Trinajstić information content (AvgIpc) is 2.76. The van der Waals surface area contributed by atoms with E-state index in [1.54, 1.807) is 0 Å². The molecule has 1 aromatic rings. The molecule has 2 nitrogen and oxygen atoms in total. The van der Waals surface area contributed by atoms with Crippen LogP contribution in [0.5, 0.6) is 5.75 Å². The van der Waals surface area contributed by atoms with Gasteiger partial charge in [0.2, 0.25) is 0 Å². The van der Waals surface area contributed by atoms with Gasteiger partial charge in [-0.15, -0.1) is 0 Å². The molecule has 0 atom stereocenters. The van der Waals surface area contributed by atoms with E-state index in [0.29, 0.717) is 0 Å². The van der Waals surface area contributed by atoms with E-state index in [2.05, 4.69) is 19.1 Å². The third-order valence-electron chi connectivity index (χ3n) is 3.63. The molecule has 1 aromatic carbocycles. The SMILES string of the molecule is Cc1cccc(OCC2(CN)CCCC2)c1. The third kappa shape index (κ3) is 2.56. The molecule has 0 bridgehead atoms. The molecular formula is C14H21NO. The molecule has 2 rings (SSSR count). The molecule has 0 radical (unpaired) electrons. The van der Waals surface area contributed by atoms with Gasteiger partial charge in [-0.25, -0.2) is 0 Å². The summed E-state index contributed by atoms with van der Waals surface area (Å²) in [7, 11) is 0. The largest absolute Gasteiger partial charge is 0.493 e. The summed E-state index contributed by atoms with van der Waals surface area (Å²) in [6, 6.07) is 8.22. The smallest absolute Gasteiger partial charge is 0.119 e. The molecule has 1 aliphatic carbocycles. The first-order chi connectivity index (χ1) is 7.74. The van der Waals surface area contributed by atoms with Crippen LogP contribution in [-0.4, -0.2) is 13.2 Å². The molecule has 1 aliphatic rings. The van der Waals surface area contributed by atoms with Crippen molar-refractivity contribution in [2.45, 2.75) is 32.6 Å². The van der Waals surface area contributed by atoms with Gasteiger partial charge in [-0.05, 0) is 37.5 Å². The molecule has 0 aliphatic heterocycles. The highest BCUT2D eigenvalue weighted by Crippen LogP contribution is 2.37. The summed E-state index contributed by atoms with van der Waals surface area (Å²) in [5, 5.41) is 0. The van der Waals surface area contributed by atoms with Crippen LogP contribution in [0.4, 0.5) is 0 Å². The lowest BCUT2D eigenvalue weighted by atomic mass is 9.87. The molecule has 2 N–H and O–H groups in total. The number of hydrogen-bond donors (Lipinski definition) is 1. The van der Waals surface area contributed by atoms with Crippen molar-refractivity contribution >= 4 is 0 Å². The number of ether oxygens (including phenoxy) is 1.